The van der Waals surface area contributed by atoms with Crippen molar-refractivity contribution in [1.82, 2.24) is 15.2 Å². The van der Waals surface area contributed by atoms with Crippen LogP contribution >= 0.6 is 0 Å². The van der Waals surface area contributed by atoms with Gasteiger partial charge in [-0.3, -0.25) is 9.69 Å². The predicted molar refractivity (Wildman–Crippen MR) is 121 cm³/mol. The highest BCUT2D eigenvalue weighted by Gasteiger charge is 2.34. The molecule has 1 aliphatic carbocycles. The first kappa shape index (κ1) is 24.1. The smallest absolute Gasteiger partial charge is 0.433 e. The van der Waals surface area contributed by atoms with Gasteiger partial charge in [-0.25, -0.2) is 4.98 Å². The van der Waals surface area contributed by atoms with Crippen molar-refractivity contribution in [2.75, 3.05) is 33.8 Å². The van der Waals surface area contributed by atoms with Gasteiger partial charge in [0, 0.05) is 32.2 Å². The topological polar surface area (TPSA) is 63.7 Å². The monoisotopic (exact) mass is 475 g/mol. The summed E-state index contributed by atoms with van der Waals surface area (Å²) >= 11 is 0. The number of carbonyl (C=O) groups is 1. The maximum atomic E-state index is 13.0. The van der Waals surface area contributed by atoms with Crippen molar-refractivity contribution in [3.8, 4) is 11.5 Å². The van der Waals surface area contributed by atoms with Gasteiger partial charge in [0.05, 0.1) is 19.2 Å². The molecule has 1 aliphatic heterocycles. The number of nitrogens with zero attached hydrogens (tertiary/aromatic N) is 2. The minimum absolute atomic E-state index is 0.0604. The van der Waals surface area contributed by atoms with Crippen LogP contribution in [-0.4, -0.2) is 49.6 Å². The van der Waals surface area contributed by atoms with Gasteiger partial charge in [0.25, 0.3) is 0 Å². The Balaban J connectivity index is 1.43. The van der Waals surface area contributed by atoms with Crippen molar-refractivity contribution >= 4 is 11.5 Å². The van der Waals surface area contributed by atoms with Gasteiger partial charge in [-0.2, -0.15) is 13.2 Å². The molecule has 34 heavy (non-hydrogen) atoms. The summed E-state index contributed by atoms with van der Waals surface area (Å²) in [4.78, 5) is 17.4. The number of rotatable bonds is 7. The number of likely N-dealkylation sites (tertiary alicyclic amines) is 1. The molecule has 0 spiro atoms. The average Bonchev–Trinajstić information content (AvgIpc) is 2.79. The number of amides is 1. The number of pyridine rings is 1. The zero-order chi connectivity index (χ0) is 24.5. The minimum Gasteiger partial charge on any atom is -0.495 e. The van der Waals surface area contributed by atoms with E-state index in [4.69, 9.17) is 9.47 Å². The number of hydrogen-bond acceptors (Lipinski definition) is 5. The van der Waals surface area contributed by atoms with E-state index < -0.39 is 11.9 Å². The average molecular weight is 476 g/mol. The molecule has 0 radical (unpaired) electrons. The van der Waals surface area contributed by atoms with E-state index in [9.17, 15) is 18.0 Å². The highest BCUT2D eigenvalue weighted by Crippen LogP contribution is 2.35. The number of aromatic nitrogens is 1. The van der Waals surface area contributed by atoms with Crippen LogP contribution in [0.15, 0.2) is 36.0 Å². The van der Waals surface area contributed by atoms with Crippen LogP contribution in [-0.2, 0) is 24.0 Å². The van der Waals surface area contributed by atoms with Crippen LogP contribution in [0.1, 0.15) is 35.7 Å². The molecule has 1 aromatic carbocycles. The molecule has 1 fully saturated rings. The molecule has 6 nitrogen and oxygen atoms in total. The van der Waals surface area contributed by atoms with Crippen molar-refractivity contribution in [3.05, 3.63) is 58.4 Å². The van der Waals surface area contributed by atoms with Gasteiger partial charge < -0.3 is 14.8 Å². The summed E-state index contributed by atoms with van der Waals surface area (Å²) in [6.07, 6.45) is -1.67. The number of halogens is 3. The van der Waals surface area contributed by atoms with E-state index >= 15 is 0 Å². The summed E-state index contributed by atoms with van der Waals surface area (Å²) in [5.74, 6) is 1.02. The third-order valence-electron chi connectivity index (χ3n) is 6.55. The van der Waals surface area contributed by atoms with Crippen molar-refractivity contribution in [3.63, 3.8) is 0 Å². The Morgan fingerprint density at radius 3 is 2.68 bits per heavy atom. The third-order valence-corrected chi connectivity index (χ3v) is 6.55. The van der Waals surface area contributed by atoms with Crippen LogP contribution in [0, 0.1) is 5.92 Å². The van der Waals surface area contributed by atoms with E-state index in [0.29, 0.717) is 5.75 Å². The summed E-state index contributed by atoms with van der Waals surface area (Å²) in [6.45, 7) is 4.48. The molecule has 2 aliphatic rings. The summed E-state index contributed by atoms with van der Waals surface area (Å²) in [6, 6.07) is 6.77. The first-order chi connectivity index (χ1) is 16.2. The number of fused-ring (bicyclic) bond motifs is 1. The number of methoxy groups -OCH3 is 1. The van der Waals surface area contributed by atoms with E-state index in [1.165, 1.54) is 18.3 Å². The molecule has 0 unspecified atom stereocenters. The summed E-state index contributed by atoms with van der Waals surface area (Å²) in [7, 11) is 3.05. The normalized spacial score (nSPS) is 16.6. The van der Waals surface area contributed by atoms with E-state index in [1.54, 1.807) is 7.05 Å². The molecule has 0 atom stereocenters. The Morgan fingerprint density at radius 2 is 2.00 bits per heavy atom. The van der Waals surface area contributed by atoms with Crippen LogP contribution in [0.25, 0.3) is 5.57 Å². The highest BCUT2D eigenvalue weighted by molar-refractivity contribution is 5.79. The number of aryl methyl sites for hydroxylation is 1. The van der Waals surface area contributed by atoms with Gasteiger partial charge in [-0.1, -0.05) is 11.6 Å². The number of carbonyl (C=O) groups excluding carboxylic acids is 1. The lowest BCUT2D eigenvalue weighted by molar-refractivity contribution is -0.141. The van der Waals surface area contributed by atoms with Crippen molar-refractivity contribution in [2.45, 2.75) is 32.5 Å². The second-order valence-corrected chi connectivity index (χ2v) is 8.72. The Bertz CT molecular complexity index is 1110. The summed E-state index contributed by atoms with van der Waals surface area (Å²) in [5, 5.41) is 2.70. The van der Waals surface area contributed by atoms with Gasteiger partial charge in [0.15, 0.2) is 0 Å². The molecule has 1 aromatic heterocycles. The van der Waals surface area contributed by atoms with Crippen molar-refractivity contribution in [1.29, 1.82) is 0 Å². The number of ether oxygens (including phenoxy) is 2. The molecule has 1 N–H and O–H groups in total. The standard InChI is InChI=1S/C25H28F3N3O3/c1-15-17(11-31-12-19(13-31)24(32)29-2)5-4-16-8-20(6-7-21(15)16)34-14-18-9-23(25(26,27)28)30-10-22(18)33-3/h6-10,19H,4-5,11-14H2,1-3H3,(H,29,32). The molecular weight excluding hydrogens is 447 g/mol. The first-order valence-corrected chi connectivity index (χ1v) is 11.2. The lowest BCUT2D eigenvalue weighted by atomic mass is 9.85. The molecule has 1 saturated heterocycles. The predicted octanol–water partition coefficient (Wildman–Crippen LogP) is 4.09. The van der Waals surface area contributed by atoms with E-state index in [1.807, 2.05) is 18.2 Å². The molecular formula is C25H28F3N3O3. The minimum atomic E-state index is -4.53. The Morgan fingerprint density at radius 1 is 1.24 bits per heavy atom. The molecule has 9 heteroatoms. The first-order valence-electron chi connectivity index (χ1n) is 11.2. The summed E-state index contributed by atoms with van der Waals surface area (Å²) < 4.78 is 50.1. The number of alkyl halides is 3. The van der Waals surface area contributed by atoms with Crippen molar-refractivity contribution in [2.24, 2.45) is 5.92 Å². The zero-order valence-electron chi connectivity index (χ0n) is 19.5. The van der Waals surface area contributed by atoms with Gasteiger partial charge in [-0.15, -0.1) is 0 Å². The number of hydrogen-bond donors (Lipinski definition) is 1. The van der Waals surface area contributed by atoms with Crippen LogP contribution in [0.3, 0.4) is 0 Å². The van der Waals surface area contributed by atoms with E-state index in [-0.39, 0.29) is 29.7 Å². The van der Waals surface area contributed by atoms with Gasteiger partial charge in [0.2, 0.25) is 5.91 Å². The molecule has 0 saturated carbocycles. The van der Waals surface area contributed by atoms with Crippen LogP contribution in [0.4, 0.5) is 13.2 Å². The van der Waals surface area contributed by atoms with E-state index in [0.717, 1.165) is 55.9 Å². The van der Waals surface area contributed by atoms with E-state index in [2.05, 4.69) is 22.1 Å². The van der Waals surface area contributed by atoms with Crippen LogP contribution in [0.5, 0.6) is 11.5 Å². The Kier molecular flexibility index (Phi) is 6.84. The van der Waals surface area contributed by atoms with Crippen LogP contribution < -0.4 is 14.8 Å². The molecule has 0 bridgehead atoms. The number of nitrogens with one attached hydrogen (secondary N) is 1. The lowest BCUT2D eigenvalue weighted by Crippen LogP contribution is -2.53. The third kappa shape index (κ3) is 5.04. The molecule has 4 rings (SSSR count). The Hall–Kier alpha value is -3.07. The second-order valence-electron chi connectivity index (χ2n) is 8.72. The summed E-state index contributed by atoms with van der Waals surface area (Å²) in [5.41, 5.74) is 4.24. The fraction of sp³-hybridized carbons (Fsp3) is 0.440. The fourth-order valence-electron chi connectivity index (χ4n) is 4.53. The number of benzene rings is 1. The maximum absolute atomic E-state index is 13.0. The maximum Gasteiger partial charge on any atom is 0.433 e. The molecule has 2 aromatic rings. The van der Waals surface area contributed by atoms with Gasteiger partial charge in [-0.05, 0) is 54.7 Å². The molecule has 2 heterocycles. The number of allylic oxidation sites excluding steroid dienone is 1. The SMILES string of the molecule is CNC(=O)C1CN(CC2=C(C)c3ccc(OCc4cc(C(F)(F)F)ncc4OC)cc3CC2)C1. The zero-order valence-corrected chi connectivity index (χ0v) is 19.5. The molecule has 1 amide bonds. The Labute approximate surface area is 196 Å². The van der Waals surface area contributed by atoms with Gasteiger partial charge >= 0.3 is 6.18 Å². The lowest BCUT2D eigenvalue weighted by Gasteiger charge is -2.39. The largest absolute Gasteiger partial charge is 0.495 e. The quantitative estimate of drug-likeness (QED) is 0.654. The van der Waals surface area contributed by atoms with Crippen molar-refractivity contribution < 1.29 is 27.4 Å². The fourth-order valence-corrected chi connectivity index (χ4v) is 4.53. The second kappa shape index (κ2) is 9.66. The highest BCUT2D eigenvalue weighted by atomic mass is 19.4. The van der Waals surface area contributed by atoms with Crippen LogP contribution in [0.2, 0.25) is 0 Å². The molecule has 182 valence electrons. The van der Waals surface area contributed by atoms with Gasteiger partial charge in [0.1, 0.15) is 23.8 Å².